The number of hydrogen-bond donors (Lipinski definition) is 0. The van der Waals surface area contributed by atoms with Crippen LogP contribution in [0.15, 0.2) is 53.4 Å². The van der Waals surface area contributed by atoms with E-state index in [1.807, 2.05) is 11.8 Å². The van der Waals surface area contributed by atoms with Crippen LogP contribution in [0.1, 0.15) is 25.3 Å². The smallest absolute Gasteiger partial charge is 0.265 e. The lowest BCUT2D eigenvalue weighted by atomic mass is 10.00. The van der Waals surface area contributed by atoms with E-state index in [1.54, 1.807) is 48.5 Å². The molecule has 2 aromatic carbocycles. The van der Waals surface area contributed by atoms with E-state index in [9.17, 15) is 13.2 Å². The summed E-state index contributed by atoms with van der Waals surface area (Å²) in [7, 11) is -3.82. The first-order valence-electron chi connectivity index (χ1n) is 10.00. The lowest BCUT2D eigenvalue weighted by Crippen LogP contribution is -2.53. The van der Waals surface area contributed by atoms with E-state index in [2.05, 4.69) is 6.92 Å². The lowest BCUT2D eigenvalue weighted by molar-refractivity contribution is -0.140. The maximum Gasteiger partial charge on any atom is 0.265 e. The number of amides is 1. The largest absolute Gasteiger partial charge is 0.476 e. The predicted octanol–water partition coefficient (Wildman–Crippen LogP) is 3.21. The van der Waals surface area contributed by atoms with Gasteiger partial charge in [0.1, 0.15) is 5.75 Å². The summed E-state index contributed by atoms with van der Waals surface area (Å²) in [5.41, 5.74) is 1.45. The highest BCUT2D eigenvalue weighted by Gasteiger charge is 2.39. The van der Waals surface area contributed by atoms with Crippen molar-refractivity contribution in [3.05, 3.63) is 54.1 Å². The molecule has 0 aromatic heterocycles. The van der Waals surface area contributed by atoms with E-state index in [4.69, 9.17) is 4.74 Å². The minimum Gasteiger partial charge on any atom is -0.476 e. The van der Waals surface area contributed by atoms with E-state index in [0.29, 0.717) is 30.4 Å². The number of benzene rings is 2. The molecule has 4 rings (SSSR count). The molecule has 2 heterocycles. The Hall–Kier alpha value is -2.54. The van der Waals surface area contributed by atoms with Crippen LogP contribution in [0.2, 0.25) is 0 Å². The van der Waals surface area contributed by atoms with E-state index in [-0.39, 0.29) is 17.3 Å². The second kappa shape index (κ2) is 7.71. The van der Waals surface area contributed by atoms with Gasteiger partial charge in [-0.05, 0) is 49.9 Å². The Morgan fingerprint density at radius 3 is 2.52 bits per heavy atom. The molecular formula is C22H26N2O4S. The number of ether oxygens (including phenoxy) is 1. The fourth-order valence-electron chi connectivity index (χ4n) is 3.99. The van der Waals surface area contributed by atoms with E-state index in [0.717, 1.165) is 18.4 Å². The summed E-state index contributed by atoms with van der Waals surface area (Å²) in [6, 6.07) is 13.7. The van der Waals surface area contributed by atoms with Crippen molar-refractivity contribution in [2.24, 2.45) is 5.92 Å². The Morgan fingerprint density at radius 1 is 1.07 bits per heavy atom. The first kappa shape index (κ1) is 19.8. The monoisotopic (exact) mass is 414 g/mol. The molecular weight excluding hydrogens is 388 g/mol. The van der Waals surface area contributed by atoms with Crippen molar-refractivity contribution < 1.29 is 17.9 Å². The zero-order valence-corrected chi connectivity index (χ0v) is 17.6. The maximum atomic E-state index is 13.4. The zero-order valence-electron chi connectivity index (χ0n) is 16.7. The number of carbonyl (C=O) groups excluding carboxylic acids is 1. The van der Waals surface area contributed by atoms with Crippen LogP contribution in [-0.2, 0) is 14.8 Å². The number of anilines is 1. The molecule has 0 spiro atoms. The summed E-state index contributed by atoms with van der Waals surface area (Å²) in [6.45, 7) is 5.39. The number of sulfonamides is 1. The number of likely N-dealkylation sites (tertiary alicyclic amines) is 1. The highest BCUT2D eigenvalue weighted by atomic mass is 32.2. The quantitative estimate of drug-likeness (QED) is 0.774. The summed E-state index contributed by atoms with van der Waals surface area (Å²) in [4.78, 5) is 15.2. The summed E-state index contributed by atoms with van der Waals surface area (Å²) in [5, 5.41) is 0. The summed E-state index contributed by atoms with van der Waals surface area (Å²) >= 11 is 0. The van der Waals surface area contributed by atoms with Crippen LogP contribution in [0, 0.1) is 12.8 Å². The van der Waals surface area contributed by atoms with Crippen molar-refractivity contribution in [1.29, 1.82) is 0 Å². The molecule has 7 heteroatoms. The molecule has 154 valence electrons. The molecule has 2 aliphatic rings. The molecule has 2 atom stereocenters. The van der Waals surface area contributed by atoms with E-state index >= 15 is 0 Å². The second-order valence-corrected chi connectivity index (χ2v) is 9.82. The van der Waals surface area contributed by atoms with E-state index in [1.165, 1.54) is 4.31 Å². The van der Waals surface area contributed by atoms with Crippen LogP contribution in [-0.4, -0.2) is 45.0 Å². The van der Waals surface area contributed by atoms with Crippen LogP contribution < -0.4 is 9.04 Å². The fourth-order valence-corrected chi connectivity index (χ4v) is 5.47. The molecule has 0 saturated carbocycles. The molecule has 29 heavy (non-hydrogen) atoms. The van der Waals surface area contributed by atoms with Gasteiger partial charge in [-0.1, -0.05) is 36.8 Å². The van der Waals surface area contributed by atoms with Crippen molar-refractivity contribution in [3.63, 3.8) is 0 Å². The van der Waals surface area contributed by atoms with Crippen LogP contribution in [0.25, 0.3) is 0 Å². The average molecular weight is 415 g/mol. The lowest BCUT2D eigenvalue weighted by Gasteiger charge is -2.38. The number of fused-ring (bicyclic) bond motifs is 1. The second-order valence-electron chi connectivity index (χ2n) is 7.96. The molecule has 0 unspecified atom stereocenters. The first-order valence-corrected chi connectivity index (χ1v) is 11.4. The Labute approximate surface area is 172 Å². The van der Waals surface area contributed by atoms with Gasteiger partial charge in [0.15, 0.2) is 6.10 Å². The normalized spacial score (nSPS) is 22.0. The highest BCUT2D eigenvalue weighted by molar-refractivity contribution is 7.92. The van der Waals surface area contributed by atoms with Gasteiger partial charge in [0, 0.05) is 13.1 Å². The molecule has 1 saturated heterocycles. The van der Waals surface area contributed by atoms with Gasteiger partial charge in [-0.25, -0.2) is 8.42 Å². The van der Waals surface area contributed by atoms with Gasteiger partial charge >= 0.3 is 0 Å². The Kier molecular flexibility index (Phi) is 5.25. The molecule has 0 aliphatic carbocycles. The highest BCUT2D eigenvalue weighted by Crippen LogP contribution is 2.37. The van der Waals surface area contributed by atoms with Gasteiger partial charge < -0.3 is 9.64 Å². The maximum absolute atomic E-state index is 13.4. The standard InChI is InChI=1S/C22H26N2O4S/c1-16-9-11-18(12-10-16)29(26,27)24-15-21(28-20-8-4-3-7-19(20)24)22(25)23-13-5-6-17(2)14-23/h3-4,7-12,17,21H,5-6,13-15H2,1-2H3/t17-,21+/m0/s1. The first-order chi connectivity index (χ1) is 13.9. The third-order valence-corrected chi connectivity index (χ3v) is 7.38. The number of aryl methyl sites for hydroxylation is 1. The van der Waals surface area contributed by atoms with Crippen molar-refractivity contribution in [2.45, 2.75) is 37.7 Å². The van der Waals surface area contributed by atoms with Crippen LogP contribution in [0.3, 0.4) is 0 Å². The summed E-state index contributed by atoms with van der Waals surface area (Å²) in [6.07, 6.45) is 1.21. The van der Waals surface area contributed by atoms with Gasteiger partial charge in [0.05, 0.1) is 17.1 Å². The van der Waals surface area contributed by atoms with Crippen molar-refractivity contribution >= 4 is 21.6 Å². The number of para-hydroxylation sites is 2. The summed E-state index contributed by atoms with van der Waals surface area (Å²) < 4.78 is 34.1. The molecule has 2 aromatic rings. The Balaban J connectivity index is 1.68. The molecule has 0 radical (unpaired) electrons. The van der Waals surface area contributed by atoms with Gasteiger partial charge in [0.2, 0.25) is 0 Å². The number of rotatable bonds is 3. The van der Waals surface area contributed by atoms with Crippen LogP contribution in [0.5, 0.6) is 5.75 Å². The van der Waals surface area contributed by atoms with Gasteiger partial charge in [-0.15, -0.1) is 0 Å². The number of piperidine rings is 1. The summed E-state index contributed by atoms with van der Waals surface area (Å²) in [5.74, 6) is 0.712. The van der Waals surface area contributed by atoms with Gasteiger partial charge in [0.25, 0.3) is 15.9 Å². The minimum absolute atomic E-state index is 0.0308. The molecule has 1 amide bonds. The Morgan fingerprint density at radius 2 is 1.79 bits per heavy atom. The number of nitrogens with zero attached hydrogens (tertiary/aromatic N) is 2. The molecule has 6 nitrogen and oxygen atoms in total. The predicted molar refractivity (Wildman–Crippen MR) is 112 cm³/mol. The number of carbonyl (C=O) groups is 1. The van der Waals surface area contributed by atoms with Gasteiger partial charge in [-0.3, -0.25) is 9.10 Å². The fraction of sp³-hybridized carbons (Fsp3) is 0.409. The van der Waals surface area contributed by atoms with Crippen LogP contribution in [0.4, 0.5) is 5.69 Å². The third kappa shape index (κ3) is 3.83. The van der Waals surface area contributed by atoms with E-state index < -0.39 is 16.1 Å². The zero-order chi connectivity index (χ0) is 20.6. The molecule has 0 bridgehead atoms. The molecule has 0 N–H and O–H groups in total. The van der Waals surface area contributed by atoms with Crippen molar-refractivity contribution in [1.82, 2.24) is 4.90 Å². The molecule has 1 fully saturated rings. The SMILES string of the molecule is Cc1ccc(S(=O)(=O)N2C[C@H](C(=O)N3CCC[C@H](C)C3)Oc3ccccc32)cc1. The minimum atomic E-state index is -3.82. The van der Waals surface area contributed by atoms with Crippen LogP contribution >= 0.6 is 0 Å². The topological polar surface area (TPSA) is 66.9 Å². The van der Waals surface area contributed by atoms with Gasteiger partial charge in [-0.2, -0.15) is 0 Å². The Bertz CT molecular complexity index is 1000. The third-order valence-electron chi connectivity index (χ3n) is 5.59. The van der Waals surface area contributed by atoms with Crippen molar-refractivity contribution in [3.8, 4) is 5.75 Å². The molecule has 2 aliphatic heterocycles. The average Bonchev–Trinajstić information content (AvgIpc) is 2.72. The van der Waals surface area contributed by atoms with Crippen molar-refractivity contribution in [2.75, 3.05) is 23.9 Å². The number of hydrogen-bond acceptors (Lipinski definition) is 4.